The van der Waals surface area contributed by atoms with E-state index in [0.29, 0.717) is 12.1 Å². The minimum atomic E-state index is -3.16. The van der Waals surface area contributed by atoms with Gasteiger partial charge in [0.05, 0.1) is 5.25 Å². The third-order valence-electron chi connectivity index (χ3n) is 4.27. The second-order valence-corrected chi connectivity index (χ2v) is 8.03. The van der Waals surface area contributed by atoms with E-state index in [0.717, 1.165) is 31.4 Å². The molecule has 0 bridgehead atoms. The first-order valence-corrected chi connectivity index (χ1v) is 9.30. The van der Waals surface area contributed by atoms with Gasteiger partial charge >= 0.3 is 0 Å². The molecule has 1 N–H and O–H groups in total. The monoisotopic (exact) mass is 313 g/mol. The Hall–Kier alpha value is -1.37. The summed E-state index contributed by atoms with van der Waals surface area (Å²) >= 11 is 0. The number of aromatic amines is 1. The van der Waals surface area contributed by atoms with Crippen molar-refractivity contribution in [1.82, 2.24) is 15.1 Å². The summed E-state index contributed by atoms with van der Waals surface area (Å²) in [5, 5.41) is 6.38. The maximum absolute atomic E-state index is 12.5. The van der Waals surface area contributed by atoms with Crippen LogP contribution < -0.4 is 0 Å². The van der Waals surface area contributed by atoms with Gasteiger partial charge in [0, 0.05) is 25.0 Å². The first-order chi connectivity index (χ1) is 9.84. The molecule has 0 spiro atoms. The highest BCUT2D eigenvalue weighted by atomic mass is 32.2. The van der Waals surface area contributed by atoms with E-state index in [1.165, 1.54) is 6.26 Å². The van der Waals surface area contributed by atoms with E-state index in [2.05, 4.69) is 10.2 Å². The Bertz CT molecular complexity index is 609. The summed E-state index contributed by atoms with van der Waals surface area (Å²) in [5.41, 5.74) is 1.25. The number of hydrogen-bond acceptors (Lipinski definition) is 4. The lowest BCUT2D eigenvalue weighted by molar-refractivity contribution is 0.0694. The summed E-state index contributed by atoms with van der Waals surface area (Å²) in [6.07, 6.45) is 5.25. The summed E-state index contributed by atoms with van der Waals surface area (Å²) in [6.45, 7) is 1.98. The number of nitrogens with one attached hydrogen (secondary N) is 1. The van der Waals surface area contributed by atoms with Crippen LogP contribution in [0.3, 0.4) is 0 Å². The van der Waals surface area contributed by atoms with Crippen molar-refractivity contribution in [2.45, 2.75) is 50.3 Å². The van der Waals surface area contributed by atoms with Crippen LogP contribution in [0.1, 0.15) is 48.8 Å². The first-order valence-electron chi connectivity index (χ1n) is 7.35. The summed E-state index contributed by atoms with van der Waals surface area (Å²) in [5.74, 6) is -0.216. The normalized spacial score (nSPS) is 23.0. The lowest BCUT2D eigenvalue weighted by Crippen LogP contribution is -2.49. The molecule has 1 saturated carbocycles. The second-order valence-electron chi connectivity index (χ2n) is 5.77. The Morgan fingerprint density at radius 3 is 2.67 bits per heavy atom. The van der Waals surface area contributed by atoms with Crippen molar-refractivity contribution in [3.05, 3.63) is 17.5 Å². The molecule has 1 aromatic rings. The minimum absolute atomic E-state index is 0.216. The highest BCUT2D eigenvalue weighted by Gasteiger charge is 2.37. The van der Waals surface area contributed by atoms with Crippen LogP contribution >= 0.6 is 0 Å². The molecule has 6 nitrogen and oxygen atoms in total. The fourth-order valence-electron chi connectivity index (χ4n) is 3.00. The maximum Gasteiger partial charge on any atom is 0.274 e. The second kappa shape index (κ2) is 6.17. The van der Waals surface area contributed by atoms with Gasteiger partial charge in [-0.15, -0.1) is 0 Å². The molecule has 1 aromatic heterocycles. The zero-order valence-corrected chi connectivity index (χ0v) is 13.6. The molecule has 2 atom stereocenters. The van der Waals surface area contributed by atoms with E-state index in [-0.39, 0.29) is 11.9 Å². The number of amides is 1. The largest absolute Gasteiger partial charge is 0.336 e. The van der Waals surface area contributed by atoms with E-state index in [9.17, 15) is 13.2 Å². The minimum Gasteiger partial charge on any atom is -0.336 e. The van der Waals surface area contributed by atoms with Gasteiger partial charge in [-0.05, 0) is 25.3 Å². The van der Waals surface area contributed by atoms with E-state index in [1.54, 1.807) is 18.0 Å². The zero-order chi connectivity index (χ0) is 15.6. The van der Waals surface area contributed by atoms with Crippen LogP contribution in [0.15, 0.2) is 6.07 Å². The molecule has 1 aliphatic rings. The number of nitrogens with zero attached hydrogens (tertiary/aromatic N) is 2. The molecule has 0 aliphatic heterocycles. The van der Waals surface area contributed by atoms with Crippen molar-refractivity contribution in [2.75, 3.05) is 13.3 Å². The molecular weight excluding hydrogens is 290 g/mol. The zero-order valence-electron chi connectivity index (χ0n) is 12.8. The van der Waals surface area contributed by atoms with E-state index < -0.39 is 15.1 Å². The fourth-order valence-corrected chi connectivity index (χ4v) is 4.49. The van der Waals surface area contributed by atoms with Gasteiger partial charge in [-0.25, -0.2) is 8.42 Å². The van der Waals surface area contributed by atoms with E-state index >= 15 is 0 Å². The molecule has 0 aromatic carbocycles. The summed E-state index contributed by atoms with van der Waals surface area (Å²) in [7, 11) is -1.48. The molecule has 1 fully saturated rings. The Morgan fingerprint density at radius 1 is 1.43 bits per heavy atom. The lowest BCUT2D eigenvalue weighted by atomic mass is 9.93. The van der Waals surface area contributed by atoms with Crippen LogP contribution in [0.4, 0.5) is 0 Å². The SMILES string of the molecule is CCc1cc(C(=O)N(C)[C@H]2CCCC[C@H]2S(C)(=O)=O)n[nH]1. The predicted octanol–water partition coefficient (Wildman–Crippen LogP) is 1.40. The van der Waals surface area contributed by atoms with Crippen molar-refractivity contribution in [3.63, 3.8) is 0 Å². The molecule has 1 aliphatic carbocycles. The molecule has 1 heterocycles. The predicted molar refractivity (Wildman–Crippen MR) is 80.9 cm³/mol. The Labute approximate surface area is 125 Å². The van der Waals surface area contributed by atoms with Crippen molar-refractivity contribution >= 4 is 15.7 Å². The van der Waals surface area contributed by atoms with Crippen molar-refractivity contribution in [1.29, 1.82) is 0 Å². The standard InChI is InChI=1S/C14H23N3O3S/c1-4-10-9-11(16-15-10)14(18)17(2)12-7-5-6-8-13(12)21(3,19)20/h9,12-13H,4-8H2,1-3H3,(H,15,16)/t12-,13+/m0/s1. The van der Waals surface area contributed by atoms with Gasteiger partial charge in [0.2, 0.25) is 0 Å². The highest BCUT2D eigenvalue weighted by molar-refractivity contribution is 7.91. The molecule has 0 radical (unpaired) electrons. The van der Waals surface area contributed by atoms with E-state index in [4.69, 9.17) is 0 Å². The van der Waals surface area contributed by atoms with Crippen molar-refractivity contribution in [2.24, 2.45) is 0 Å². The van der Waals surface area contributed by atoms with Crippen LogP contribution in [0, 0.1) is 0 Å². The Balaban J connectivity index is 2.20. The molecule has 2 rings (SSSR count). The molecule has 7 heteroatoms. The summed E-state index contributed by atoms with van der Waals surface area (Å²) in [6, 6.07) is 1.47. The quantitative estimate of drug-likeness (QED) is 0.911. The van der Waals surface area contributed by atoms with Crippen LogP contribution in [0.25, 0.3) is 0 Å². The number of sulfone groups is 1. The van der Waals surface area contributed by atoms with Crippen molar-refractivity contribution < 1.29 is 13.2 Å². The number of aromatic nitrogens is 2. The van der Waals surface area contributed by atoms with E-state index in [1.807, 2.05) is 6.92 Å². The molecule has 0 saturated heterocycles. The average Bonchev–Trinajstić information content (AvgIpc) is 2.93. The van der Waals surface area contributed by atoms with Crippen molar-refractivity contribution in [3.8, 4) is 0 Å². The van der Waals surface area contributed by atoms with Crippen LogP contribution in [0.5, 0.6) is 0 Å². The first kappa shape index (κ1) is 16.0. The number of carbonyl (C=O) groups is 1. The molecule has 118 valence electrons. The lowest BCUT2D eigenvalue weighted by Gasteiger charge is -2.36. The Kier molecular flexibility index (Phi) is 4.70. The molecule has 0 unspecified atom stereocenters. The molecule has 1 amide bonds. The van der Waals surface area contributed by atoms with Gasteiger partial charge in [0.25, 0.3) is 5.91 Å². The molecule has 21 heavy (non-hydrogen) atoms. The van der Waals surface area contributed by atoms with Gasteiger partial charge < -0.3 is 4.90 Å². The van der Waals surface area contributed by atoms with Gasteiger partial charge in [-0.2, -0.15) is 5.10 Å². The summed E-state index contributed by atoms with van der Waals surface area (Å²) < 4.78 is 23.9. The average molecular weight is 313 g/mol. The highest BCUT2D eigenvalue weighted by Crippen LogP contribution is 2.28. The van der Waals surface area contributed by atoms with Gasteiger partial charge in [-0.3, -0.25) is 9.89 Å². The van der Waals surface area contributed by atoms with Gasteiger partial charge in [0.1, 0.15) is 5.69 Å². The fraction of sp³-hybridized carbons (Fsp3) is 0.714. The third kappa shape index (κ3) is 3.45. The third-order valence-corrected chi connectivity index (χ3v) is 5.92. The number of aryl methyl sites for hydroxylation is 1. The smallest absolute Gasteiger partial charge is 0.274 e. The molecular formula is C14H23N3O3S. The number of H-pyrrole nitrogens is 1. The Morgan fingerprint density at radius 2 is 2.10 bits per heavy atom. The van der Waals surface area contributed by atoms with Gasteiger partial charge in [0.15, 0.2) is 9.84 Å². The topological polar surface area (TPSA) is 83.1 Å². The van der Waals surface area contributed by atoms with Crippen LogP contribution in [-0.2, 0) is 16.3 Å². The van der Waals surface area contributed by atoms with Crippen LogP contribution in [-0.4, -0.2) is 54.0 Å². The van der Waals surface area contributed by atoms with Gasteiger partial charge in [-0.1, -0.05) is 19.8 Å². The number of rotatable bonds is 4. The summed E-state index contributed by atoms with van der Waals surface area (Å²) in [4.78, 5) is 14.1. The van der Waals surface area contributed by atoms with Crippen LogP contribution in [0.2, 0.25) is 0 Å². The number of carbonyl (C=O) groups excluding carboxylic acids is 1. The maximum atomic E-state index is 12.5. The number of hydrogen-bond donors (Lipinski definition) is 1.